The van der Waals surface area contributed by atoms with E-state index in [1.807, 2.05) is 41.1 Å². The van der Waals surface area contributed by atoms with Gasteiger partial charge >= 0.3 is 5.63 Å². The lowest BCUT2D eigenvalue weighted by atomic mass is 10.1. The molecule has 4 rings (SSSR count). The van der Waals surface area contributed by atoms with E-state index in [0.717, 1.165) is 22.3 Å². The van der Waals surface area contributed by atoms with Gasteiger partial charge in [0.1, 0.15) is 5.65 Å². The van der Waals surface area contributed by atoms with E-state index in [9.17, 15) is 4.79 Å². The third-order valence-electron chi connectivity index (χ3n) is 3.18. The summed E-state index contributed by atoms with van der Waals surface area (Å²) < 4.78 is 7.04. The van der Waals surface area contributed by atoms with Crippen LogP contribution in [0.1, 0.15) is 0 Å². The largest absolute Gasteiger partial charge is 0.404 e. The van der Waals surface area contributed by atoms with E-state index in [0.29, 0.717) is 5.71 Å². The summed E-state index contributed by atoms with van der Waals surface area (Å²) in [6.07, 6.45) is 5.50. The van der Waals surface area contributed by atoms with Crippen LogP contribution in [0.5, 0.6) is 0 Å². The van der Waals surface area contributed by atoms with Gasteiger partial charge in [0.25, 0.3) is 0 Å². The van der Waals surface area contributed by atoms with Gasteiger partial charge < -0.3 is 8.82 Å². The second-order valence-corrected chi connectivity index (χ2v) is 4.42. The van der Waals surface area contributed by atoms with E-state index in [4.69, 9.17) is 4.42 Å². The molecule has 5 nitrogen and oxygen atoms in total. The van der Waals surface area contributed by atoms with Crippen molar-refractivity contribution in [1.29, 1.82) is 0 Å². The fourth-order valence-corrected chi connectivity index (χ4v) is 2.26. The number of hydrogen-bond acceptors (Lipinski definition) is 4. The molecule has 0 aliphatic rings. The van der Waals surface area contributed by atoms with Gasteiger partial charge in [-0.25, -0.2) is 14.8 Å². The molecule has 0 aliphatic heterocycles. The number of aromatic nitrogens is 3. The summed E-state index contributed by atoms with van der Waals surface area (Å²) in [4.78, 5) is 19.9. The molecule has 0 radical (unpaired) electrons. The van der Waals surface area contributed by atoms with Crippen molar-refractivity contribution in [2.45, 2.75) is 0 Å². The van der Waals surface area contributed by atoms with E-state index in [-0.39, 0.29) is 0 Å². The van der Waals surface area contributed by atoms with Gasteiger partial charge in [0.15, 0.2) is 0 Å². The first-order chi connectivity index (χ1) is 9.81. The van der Waals surface area contributed by atoms with E-state index < -0.39 is 5.63 Å². The van der Waals surface area contributed by atoms with Crippen molar-refractivity contribution >= 4 is 16.7 Å². The molecule has 0 spiro atoms. The molecule has 0 saturated heterocycles. The van der Waals surface area contributed by atoms with Crippen LogP contribution in [0, 0.1) is 0 Å². The molecule has 4 heterocycles. The van der Waals surface area contributed by atoms with Crippen molar-refractivity contribution < 1.29 is 4.42 Å². The molecule has 20 heavy (non-hydrogen) atoms. The van der Waals surface area contributed by atoms with Gasteiger partial charge in [0.2, 0.25) is 5.71 Å². The van der Waals surface area contributed by atoms with Gasteiger partial charge in [-0.1, -0.05) is 6.07 Å². The summed E-state index contributed by atoms with van der Waals surface area (Å²) in [5.74, 6) is 0. The molecule has 96 valence electrons. The Hall–Kier alpha value is -2.95. The van der Waals surface area contributed by atoms with Gasteiger partial charge in [-0.05, 0) is 24.3 Å². The molecule has 0 aliphatic carbocycles. The Morgan fingerprint density at radius 2 is 2.05 bits per heavy atom. The van der Waals surface area contributed by atoms with Crippen LogP contribution in [-0.2, 0) is 0 Å². The Bertz CT molecular complexity index is 952. The maximum Gasteiger partial charge on any atom is 0.337 e. The second kappa shape index (κ2) is 4.03. The molecule has 0 N–H and O–H groups in total. The zero-order chi connectivity index (χ0) is 13.5. The van der Waals surface area contributed by atoms with E-state index in [2.05, 4.69) is 9.97 Å². The Labute approximate surface area is 113 Å². The fourth-order valence-electron chi connectivity index (χ4n) is 2.26. The number of nitrogens with zero attached hydrogens (tertiary/aromatic N) is 3. The van der Waals surface area contributed by atoms with Crippen molar-refractivity contribution in [3.8, 4) is 11.3 Å². The first kappa shape index (κ1) is 10.9. The lowest BCUT2D eigenvalue weighted by Crippen LogP contribution is -1.96. The zero-order valence-corrected chi connectivity index (χ0v) is 10.4. The van der Waals surface area contributed by atoms with E-state index in [1.165, 1.54) is 6.07 Å². The van der Waals surface area contributed by atoms with E-state index in [1.54, 1.807) is 12.3 Å². The molecule has 0 saturated carbocycles. The Balaban J connectivity index is 2.04. The van der Waals surface area contributed by atoms with Crippen LogP contribution in [0.15, 0.2) is 64.2 Å². The Morgan fingerprint density at radius 1 is 1.10 bits per heavy atom. The Morgan fingerprint density at radius 3 is 2.95 bits per heavy atom. The van der Waals surface area contributed by atoms with Crippen LogP contribution in [0.4, 0.5) is 0 Å². The maximum atomic E-state index is 11.2. The third kappa shape index (κ3) is 1.60. The molecular weight excluding hydrogens is 254 g/mol. The monoisotopic (exact) mass is 263 g/mol. The molecule has 0 amide bonds. The minimum atomic E-state index is -0.405. The highest BCUT2D eigenvalue weighted by atomic mass is 16.4. The quantitative estimate of drug-likeness (QED) is 0.529. The summed E-state index contributed by atoms with van der Waals surface area (Å²) in [6.45, 7) is 0. The summed E-state index contributed by atoms with van der Waals surface area (Å²) in [6, 6.07) is 10.8. The molecular formula is C15H9N3O2. The average Bonchev–Trinajstić information content (AvgIpc) is 2.90. The van der Waals surface area contributed by atoms with Crippen LogP contribution in [0.2, 0.25) is 0 Å². The maximum absolute atomic E-state index is 11.2. The van der Waals surface area contributed by atoms with Gasteiger partial charge in [-0.2, -0.15) is 0 Å². The molecule has 4 aromatic heterocycles. The average molecular weight is 263 g/mol. The topological polar surface area (TPSA) is 60.4 Å². The Kier molecular flexibility index (Phi) is 2.20. The predicted molar refractivity (Wildman–Crippen MR) is 74.5 cm³/mol. The number of hydrogen-bond donors (Lipinski definition) is 0. The summed E-state index contributed by atoms with van der Waals surface area (Å²) in [7, 11) is 0. The standard InChI is InChI=1S/C15H9N3O2/c19-14-5-4-11-10(6-7-16-15(11)20-14)12-9-18-8-2-1-3-13(18)17-12/h1-9H. The molecule has 5 heteroatoms. The highest BCUT2D eigenvalue weighted by Crippen LogP contribution is 2.25. The van der Waals surface area contributed by atoms with Gasteiger partial charge in [-0.15, -0.1) is 0 Å². The lowest BCUT2D eigenvalue weighted by Gasteiger charge is -2.00. The first-order valence-corrected chi connectivity index (χ1v) is 6.14. The lowest BCUT2D eigenvalue weighted by molar-refractivity contribution is 0.549. The molecule has 0 aromatic carbocycles. The van der Waals surface area contributed by atoms with Gasteiger partial charge in [0, 0.05) is 35.6 Å². The van der Waals surface area contributed by atoms with Crippen molar-refractivity contribution in [3.63, 3.8) is 0 Å². The van der Waals surface area contributed by atoms with Crippen LogP contribution >= 0.6 is 0 Å². The number of fused-ring (bicyclic) bond motifs is 2. The second-order valence-electron chi connectivity index (χ2n) is 4.42. The van der Waals surface area contributed by atoms with Crippen LogP contribution < -0.4 is 5.63 Å². The van der Waals surface area contributed by atoms with Crippen LogP contribution in [-0.4, -0.2) is 14.4 Å². The molecule has 0 unspecified atom stereocenters. The summed E-state index contributed by atoms with van der Waals surface area (Å²) in [5, 5.41) is 0.774. The normalized spacial score (nSPS) is 11.2. The molecule has 0 bridgehead atoms. The highest BCUT2D eigenvalue weighted by molar-refractivity contribution is 5.90. The van der Waals surface area contributed by atoms with Crippen molar-refractivity contribution in [3.05, 3.63) is 65.4 Å². The number of pyridine rings is 2. The van der Waals surface area contributed by atoms with E-state index >= 15 is 0 Å². The first-order valence-electron chi connectivity index (χ1n) is 6.14. The fraction of sp³-hybridized carbons (Fsp3) is 0. The minimum Gasteiger partial charge on any atom is -0.404 e. The van der Waals surface area contributed by atoms with Gasteiger partial charge in [0.05, 0.1) is 5.69 Å². The van der Waals surface area contributed by atoms with Crippen molar-refractivity contribution in [2.75, 3.05) is 0 Å². The van der Waals surface area contributed by atoms with Crippen LogP contribution in [0.3, 0.4) is 0 Å². The SMILES string of the molecule is O=c1ccc2c(-c3cn4ccccc4n3)ccnc2o1. The van der Waals surface area contributed by atoms with Crippen molar-refractivity contribution in [2.24, 2.45) is 0 Å². The summed E-state index contributed by atoms with van der Waals surface area (Å²) in [5.41, 5.74) is 2.49. The molecule has 0 atom stereocenters. The number of imidazole rings is 1. The highest BCUT2D eigenvalue weighted by Gasteiger charge is 2.10. The van der Waals surface area contributed by atoms with Gasteiger partial charge in [-0.3, -0.25) is 0 Å². The summed E-state index contributed by atoms with van der Waals surface area (Å²) >= 11 is 0. The molecule has 0 fully saturated rings. The third-order valence-corrected chi connectivity index (χ3v) is 3.18. The smallest absolute Gasteiger partial charge is 0.337 e. The zero-order valence-electron chi connectivity index (χ0n) is 10.4. The van der Waals surface area contributed by atoms with Crippen molar-refractivity contribution in [1.82, 2.24) is 14.4 Å². The molecule has 4 aromatic rings. The predicted octanol–water partition coefficient (Wildman–Crippen LogP) is 2.50. The van der Waals surface area contributed by atoms with Crippen LogP contribution in [0.25, 0.3) is 28.0 Å². The number of rotatable bonds is 1. The minimum absolute atomic E-state index is 0.326.